The largest absolute Gasteiger partial charge is 0.504 e. The van der Waals surface area contributed by atoms with Gasteiger partial charge in [-0.15, -0.1) is 0 Å². The predicted molar refractivity (Wildman–Crippen MR) is 47.1 cm³/mol. The Hall–Kier alpha value is -1.10. The highest BCUT2D eigenvalue weighted by Crippen LogP contribution is 2.30. The van der Waals surface area contributed by atoms with Gasteiger partial charge in [-0.2, -0.15) is 0 Å². The average Bonchev–Trinajstić information content (AvgIpc) is 2.13. The molecule has 0 bridgehead atoms. The van der Waals surface area contributed by atoms with E-state index >= 15 is 0 Å². The van der Waals surface area contributed by atoms with Crippen LogP contribution in [0.25, 0.3) is 0 Å². The molecule has 1 rings (SSSR count). The van der Waals surface area contributed by atoms with Crippen LogP contribution in [0.5, 0.6) is 5.75 Å². The molecule has 1 aromatic rings. The highest BCUT2D eigenvalue weighted by atomic mass is 79.9. The Bertz CT molecular complexity index is 351. The quantitative estimate of drug-likeness (QED) is 0.775. The molecule has 0 atom stereocenters. The molecule has 0 aliphatic heterocycles. The van der Waals surface area contributed by atoms with Gasteiger partial charge in [-0.25, -0.2) is 9.18 Å². The highest BCUT2D eigenvalue weighted by molar-refractivity contribution is 9.10. The van der Waals surface area contributed by atoms with Crippen LogP contribution in [-0.2, 0) is 4.74 Å². The van der Waals surface area contributed by atoms with E-state index in [0.29, 0.717) is 0 Å². The van der Waals surface area contributed by atoms with Gasteiger partial charge in [0.05, 0.1) is 17.1 Å². The zero-order valence-corrected chi connectivity index (χ0v) is 8.26. The van der Waals surface area contributed by atoms with Crippen molar-refractivity contribution in [2.24, 2.45) is 0 Å². The molecule has 0 aliphatic rings. The summed E-state index contributed by atoms with van der Waals surface area (Å²) < 4.78 is 17.1. The van der Waals surface area contributed by atoms with Crippen molar-refractivity contribution >= 4 is 21.9 Å². The highest BCUT2D eigenvalue weighted by Gasteiger charge is 2.15. The molecule has 0 spiro atoms. The van der Waals surface area contributed by atoms with Crippen LogP contribution in [0.4, 0.5) is 4.39 Å². The number of hydrogen-bond acceptors (Lipinski definition) is 3. The number of phenols is 1. The summed E-state index contributed by atoms with van der Waals surface area (Å²) in [6.07, 6.45) is 0. The van der Waals surface area contributed by atoms with E-state index in [9.17, 15) is 9.18 Å². The predicted octanol–water partition coefficient (Wildman–Crippen LogP) is 2.08. The van der Waals surface area contributed by atoms with Crippen molar-refractivity contribution in [3.05, 3.63) is 28.0 Å². The van der Waals surface area contributed by atoms with Crippen molar-refractivity contribution in [2.45, 2.75) is 0 Å². The summed E-state index contributed by atoms with van der Waals surface area (Å²) in [6.45, 7) is 0. The number of carbonyl (C=O) groups is 1. The second kappa shape index (κ2) is 3.74. The molecule has 5 heteroatoms. The first-order valence-electron chi connectivity index (χ1n) is 3.33. The maximum absolute atomic E-state index is 12.7. The third kappa shape index (κ3) is 1.80. The molecule has 0 saturated heterocycles. The van der Waals surface area contributed by atoms with Gasteiger partial charge in [-0.05, 0) is 28.1 Å². The van der Waals surface area contributed by atoms with Gasteiger partial charge in [0.25, 0.3) is 0 Å². The summed E-state index contributed by atoms with van der Waals surface area (Å²) in [5.41, 5.74) is 0.0846. The van der Waals surface area contributed by atoms with E-state index in [0.717, 1.165) is 6.07 Å². The second-order valence-corrected chi connectivity index (χ2v) is 3.04. The lowest BCUT2D eigenvalue weighted by molar-refractivity contribution is 0.0599. The molecule has 0 heterocycles. The van der Waals surface area contributed by atoms with E-state index in [1.54, 1.807) is 0 Å². The van der Waals surface area contributed by atoms with Gasteiger partial charge in [0.1, 0.15) is 0 Å². The number of esters is 1. The average molecular weight is 249 g/mol. The van der Waals surface area contributed by atoms with E-state index in [1.165, 1.54) is 13.2 Å². The lowest BCUT2D eigenvalue weighted by Crippen LogP contribution is -2.02. The number of phenolic OH excluding ortho intramolecular Hbond substituents is 1. The van der Waals surface area contributed by atoms with Crippen LogP contribution in [0.1, 0.15) is 10.4 Å². The SMILES string of the molecule is COC(=O)c1ccc(F)c(O)c1Br. The fourth-order valence-electron chi connectivity index (χ4n) is 0.809. The van der Waals surface area contributed by atoms with Crippen molar-refractivity contribution in [2.75, 3.05) is 7.11 Å². The Labute approximate surface area is 82.3 Å². The van der Waals surface area contributed by atoms with Gasteiger partial charge in [-0.3, -0.25) is 0 Å². The fraction of sp³-hybridized carbons (Fsp3) is 0.125. The number of aromatic hydroxyl groups is 1. The van der Waals surface area contributed by atoms with Gasteiger partial charge in [0, 0.05) is 0 Å². The minimum atomic E-state index is -0.792. The summed E-state index contributed by atoms with van der Waals surface area (Å²) >= 11 is 2.88. The zero-order chi connectivity index (χ0) is 10.0. The standard InChI is InChI=1S/C8H6BrFO3/c1-13-8(12)4-2-3-5(10)7(11)6(4)9/h2-3,11H,1H3. The van der Waals surface area contributed by atoms with Crippen molar-refractivity contribution in [3.8, 4) is 5.75 Å². The summed E-state index contributed by atoms with van der Waals surface area (Å²) in [5.74, 6) is -2.02. The first kappa shape index (κ1) is 9.98. The molecule has 0 aliphatic carbocycles. The summed E-state index contributed by atoms with van der Waals surface area (Å²) in [6, 6.07) is 2.22. The molecule has 0 unspecified atom stereocenters. The Kier molecular flexibility index (Phi) is 2.87. The topological polar surface area (TPSA) is 46.5 Å². The molecule has 0 fully saturated rings. The van der Waals surface area contributed by atoms with Crippen LogP contribution >= 0.6 is 15.9 Å². The third-order valence-corrected chi connectivity index (χ3v) is 2.27. The molecule has 0 aromatic heterocycles. The molecular weight excluding hydrogens is 243 g/mol. The summed E-state index contributed by atoms with van der Waals surface area (Å²) in [5, 5.41) is 9.10. The van der Waals surface area contributed by atoms with E-state index in [2.05, 4.69) is 20.7 Å². The number of carbonyl (C=O) groups excluding carboxylic acids is 1. The van der Waals surface area contributed by atoms with Crippen LogP contribution in [0.3, 0.4) is 0 Å². The van der Waals surface area contributed by atoms with Crippen LogP contribution < -0.4 is 0 Å². The fourth-order valence-corrected chi connectivity index (χ4v) is 1.29. The normalized spacial score (nSPS) is 9.77. The lowest BCUT2D eigenvalue weighted by atomic mass is 10.2. The number of hydrogen-bond donors (Lipinski definition) is 1. The number of benzene rings is 1. The minimum absolute atomic E-state index is 0.000602. The van der Waals surface area contributed by atoms with Crippen molar-refractivity contribution in [1.29, 1.82) is 0 Å². The monoisotopic (exact) mass is 248 g/mol. The Morgan fingerprint density at radius 1 is 1.62 bits per heavy atom. The maximum atomic E-state index is 12.7. The van der Waals surface area contributed by atoms with E-state index < -0.39 is 17.5 Å². The molecule has 0 amide bonds. The minimum Gasteiger partial charge on any atom is -0.504 e. The first-order valence-corrected chi connectivity index (χ1v) is 4.12. The molecule has 0 saturated carbocycles. The lowest BCUT2D eigenvalue weighted by Gasteiger charge is -2.04. The third-order valence-electron chi connectivity index (χ3n) is 1.47. The molecular formula is C8H6BrFO3. The Morgan fingerprint density at radius 2 is 2.23 bits per heavy atom. The van der Waals surface area contributed by atoms with Gasteiger partial charge < -0.3 is 9.84 Å². The maximum Gasteiger partial charge on any atom is 0.339 e. The van der Waals surface area contributed by atoms with Crippen LogP contribution in [0, 0.1) is 5.82 Å². The van der Waals surface area contributed by atoms with E-state index in [1.807, 2.05) is 0 Å². The molecule has 13 heavy (non-hydrogen) atoms. The van der Waals surface area contributed by atoms with Gasteiger partial charge >= 0.3 is 5.97 Å². The summed E-state index contributed by atoms with van der Waals surface area (Å²) in [7, 11) is 1.20. The van der Waals surface area contributed by atoms with Crippen LogP contribution in [0.2, 0.25) is 0 Å². The number of ether oxygens (including phenoxy) is 1. The first-order chi connectivity index (χ1) is 6.07. The van der Waals surface area contributed by atoms with E-state index in [-0.39, 0.29) is 10.0 Å². The van der Waals surface area contributed by atoms with Crippen molar-refractivity contribution in [3.63, 3.8) is 0 Å². The molecule has 1 aromatic carbocycles. The van der Waals surface area contributed by atoms with Crippen molar-refractivity contribution in [1.82, 2.24) is 0 Å². The smallest absolute Gasteiger partial charge is 0.339 e. The van der Waals surface area contributed by atoms with Gasteiger partial charge in [0.2, 0.25) is 0 Å². The van der Waals surface area contributed by atoms with E-state index in [4.69, 9.17) is 5.11 Å². The second-order valence-electron chi connectivity index (χ2n) is 2.25. The Morgan fingerprint density at radius 3 is 2.77 bits per heavy atom. The number of halogens is 2. The number of methoxy groups -OCH3 is 1. The molecule has 3 nitrogen and oxygen atoms in total. The zero-order valence-electron chi connectivity index (χ0n) is 6.67. The molecule has 70 valence electrons. The van der Waals surface area contributed by atoms with Crippen LogP contribution in [0.15, 0.2) is 16.6 Å². The van der Waals surface area contributed by atoms with Crippen molar-refractivity contribution < 1.29 is 19.0 Å². The van der Waals surface area contributed by atoms with Gasteiger partial charge in [-0.1, -0.05) is 0 Å². The number of rotatable bonds is 1. The van der Waals surface area contributed by atoms with Gasteiger partial charge in [0.15, 0.2) is 11.6 Å². The molecule has 0 radical (unpaired) electrons. The Balaban J connectivity index is 3.26. The molecule has 1 N–H and O–H groups in total. The van der Waals surface area contributed by atoms with Crippen LogP contribution in [-0.4, -0.2) is 18.2 Å². The summed E-state index contributed by atoms with van der Waals surface area (Å²) in [4.78, 5) is 11.0.